The van der Waals surface area contributed by atoms with Crippen molar-refractivity contribution in [3.8, 4) is 11.5 Å². The van der Waals surface area contributed by atoms with Crippen LogP contribution in [0, 0.1) is 0 Å². The van der Waals surface area contributed by atoms with Gasteiger partial charge in [0.1, 0.15) is 17.2 Å². The van der Waals surface area contributed by atoms with E-state index in [4.69, 9.17) is 4.74 Å². The van der Waals surface area contributed by atoms with Gasteiger partial charge in [-0.1, -0.05) is 25.1 Å². The lowest BCUT2D eigenvalue weighted by Crippen LogP contribution is -2.17. The van der Waals surface area contributed by atoms with Gasteiger partial charge in [-0.25, -0.2) is 0 Å². The molecular formula is C19H19N3O2. The van der Waals surface area contributed by atoms with Crippen molar-refractivity contribution in [3.05, 3.63) is 72.6 Å². The summed E-state index contributed by atoms with van der Waals surface area (Å²) in [6.07, 6.45) is 2.56. The second-order valence-corrected chi connectivity index (χ2v) is 5.33. The summed E-state index contributed by atoms with van der Waals surface area (Å²) < 4.78 is 7.45. The molecule has 0 aliphatic carbocycles. The number of nitrogens with one attached hydrogen (secondary N) is 1. The molecule has 0 saturated carbocycles. The van der Waals surface area contributed by atoms with Crippen LogP contribution in [0.3, 0.4) is 0 Å². The second kappa shape index (κ2) is 7.46. The minimum atomic E-state index is -0.169. The molecule has 2 aromatic carbocycles. The normalized spacial score (nSPS) is 10.4. The van der Waals surface area contributed by atoms with Crippen molar-refractivity contribution in [2.75, 3.05) is 5.32 Å². The zero-order valence-corrected chi connectivity index (χ0v) is 13.5. The smallest absolute Gasteiger partial charge is 0.273 e. The third kappa shape index (κ3) is 3.81. The zero-order chi connectivity index (χ0) is 16.8. The van der Waals surface area contributed by atoms with Gasteiger partial charge in [0.15, 0.2) is 0 Å². The van der Waals surface area contributed by atoms with Crippen molar-refractivity contribution in [2.24, 2.45) is 0 Å². The number of aryl methyl sites for hydroxylation is 1. The Balaban J connectivity index is 1.65. The molecule has 0 aliphatic rings. The van der Waals surface area contributed by atoms with Gasteiger partial charge in [-0.3, -0.25) is 9.48 Å². The van der Waals surface area contributed by atoms with Crippen molar-refractivity contribution >= 4 is 11.6 Å². The largest absolute Gasteiger partial charge is 0.457 e. The fraction of sp³-hybridized carbons (Fsp3) is 0.158. The van der Waals surface area contributed by atoms with Gasteiger partial charge in [0.2, 0.25) is 0 Å². The van der Waals surface area contributed by atoms with E-state index in [-0.39, 0.29) is 5.91 Å². The first-order valence-corrected chi connectivity index (χ1v) is 7.92. The molecule has 0 bridgehead atoms. The average Bonchev–Trinajstić information content (AvgIpc) is 3.06. The predicted molar refractivity (Wildman–Crippen MR) is 93.4 cm³/mol. The lowest BCUT2D eigenvalue weighted by Gasteiger charge is -2.09. The van der Waals surface area contributed by atoms with Gasteiger partial charge < -0.3 is 10.1 Å². The van der Waals surface area contributed by atoms with Crippen LogP contribution in [0.5, 0.6) is 11.5 Å². The number of benzene rings is 2. The number of rotatable bonds is 6. The fourth-order valence-electron chi connectivity index (χ4n) is 2.34. The molecule has 5 nitrogen and oxygen atoms in total. The molecular weight excluding hydrogens is 302 g/mol. The highest BCUT2D eigenvalue weighted by molar-refractivity contribution is 6.03. The molecule has 122 valence electrons. The van der Waals surface area contributed by atoms with Crippen LogP contribution in [0.25, 0.3) is 0 Å². The summed E-state index contributed by atoms with van der Waals surface area (Å²) in [7, 11) is 0. The third-order valence-corrected chi connectivity index (χ3v) is 3.48. The Bertz CT molecular complexity index is 795. The Kier molecular flexibility index (Phi) is 4.91. The topological polar surface area (TPSA) is 56.2 Å². The molecule has 1 aromatic heterocycles. The first-order valence-electron chi connectivity index (χ1n) is 7.92. The maximum Gasteiger partial charge on any atom is 0.273 e. The van der Waals surface area contributed by atoms with Crippen molar-refractivity contribution in [1.29, 1.82) is 0 Å². The van der Waals surface area contributed by atoms with Gasteiger partial charge in [-0.2, -0.15) is 5.10 Å². The number of para-hydroxylation sites is 1. The average molecular weight is 321 g/mol. The maximum absolute atomic E-state index is 12.3. The summed E-state index contributed by atoms with van der Waals surface area (Å²) in [4.78, 5) is 12.3. The number of nitrogens with zero attached hydrogens (tertiary/aromatic N) is 2. The number of ether oxygens (including phenoxy) is 1. The molecule has 24 heavy (non-hydrogen) atoms. The molecule has 0 aliphatic heterocycles. The number of carbonyl (C=O) groups is 1. The van der Waals surface area contributed by atoms with Crippen molar-refractivity contribution < 1.29 is 9.53 Å². The summed E-state index contributed by atoms with van der Waals surface area (Å²) in [5.41, 5.74) is 1.27. The molecule has 1 heterocycles. The number of anilines is 1. The molecule has 0 fully saturated rings. The molecule has 0 radical (unpaired) electrons. The minimum Gasteiger partial charge on any atom is -0.457 e. The molecule has 1 N–H and O–H groups in total. The van der Waals surface area contributed by atoms with Crippen LogP contribution in [0.4, 0.5) is 5.69 Å². The van der Waals surface area contributed by atoms with E-state index in [1.54, 1.807) is 16.9 Å². The van der Waals surface area contributed by atoms with Crippen LogP contribution in [0.2, 0.25) is 0 Å². The fourth-order valence-corrected chi connectivity index (χ4v) is 2.34. The van der Waals surface area contributed by atoms with Gasteiger partial charge in [-0.05, 0) is 48.9 Å². The third-order valence-electron chi connectivity index (χ3n) is 3.48. The first-order chi connectivity index (χ1) is 11.8. The van der Waals surface area contributed by atoms with Gasteiger partial charge in [0.05, 0.1) is 0 Å². The molecule has 0 saturated heterocycles. The van der Waals surface area contributed by atoms with E-state index in [9.17, 15) is 4.79 Å². The van der Waals surface area contributed by atoms with Crippen molar-refractivity contribution in [1.82, 2.24) is 9.78 Å². The number of amides is 1. The highest BCUT2D eigenvalue weighted by Gasteiger charge is 2.11. The summed E-state index contributed by atoms with van der Waals surface area (Å²) in [6.45, 7) is 2.77. The van der Waals surface area contributed by atoms with E-state index < -0.39 is 0 Å². The van der Waals surface area contributed by atoms with Gasteiger partial charge in [0.25, 0.3) is 5.91 Å². The van der Waals surface area contributed by atoms with Crippen LogP contribution in [-0.4, -0.2) is 15.7 Å². The lowest BCUT2D eigenvalue weighted by atomic mass is 10.3. The monoisotopic (exact) mass is 321 g/mol. The van der Waals surface area contributed by atoms with Crippen molar-refractivity contribution in [3.63, 3.8) is 0 Å². The summed E-state index contributed by atoms with van der Waals surface area (Å²) in [5.74, 6) is 1.32. The molecule has 1 amide bonds. The maximum atomic E-state index is 12.3. The molecule has 5 heteroatoms. The van der Waals surface area contributed by atoms with Crippen molar-refractivity contribution in [2.45, 2.75) is 19.9 Å². The van der Waals surface area contributed by atoms with Crippen LogP contribution < -0.4 is 10.1 Å². The summed E-state index contributed by atoms with van der Waals surface area (Å²) >= 11 is 0. The SMILES string of the molecule is CCCn1nccc1C(=O)Nc1ccc(Oc2ccccc2)cc1. The second-order valence-electron chi connectivity index (χ2n) is 5.33. The summed E-state index contributed by atoms with van der Waals surface area (Å²) in [6, 6.07) is 18.6. The van der Waals surface area contributed by atoms with Gasteiger partial charge >= 0.3 is 0 Å². The standard InChI is InChI=1S/C19H19N3O2/c1-2-14-22-18(12-13-20-22)19(23)21-15-8-10-17(11-9-15)24-16-6-4-3-5-7-16/h3-13H,2,14H2,1H3,(H,21,23). The highest BCUT2D eigenvalue weighted by Crippen LogP contribution is 2.22. The highest BCUT2D eigenvalue weighted by atomic mass is 16.5. The van der Waals surface area contributed by atoms with E-state index in [2.05, 4.69) is 17.3 Å². The number of carbonyl (C=O) groups excluding carboxylic acids is 1. The van der Waals surface area contributed by atoms with Gasteiger partial charge in [-0.15, -0.1) is 0 Å². The van der Waals surface area contributed by atoms with E-state index in [0.717, 1.165) is 24.5 Å². The quantitative estimate of drug-likeness (QED) is 0.735. The molecule has 0 spiro atoms. The molecule has 3 aromatic rings. The predicted octanol–water partition coefficient (Wildman–Crippen LogP) is 4.34. The molecule has 0 unspecified atom stereocenters. The number of hydrogen-bond donors (Lipinski definition) is 1. The lowest BCUT2D eigenvalue weighted by molar-refractivity contribution is 0.101. The summed E-state index contributed by atoms with van der Waals surface area (Å²) in [5, 5.41) is 7.04. The Hall–Kier alpha value is -3.08. The number of aromatic nitrogens is 2. The van der Waals surface area contributed by atoms with E-state index in [1.165, 1.54) is 0 Å². The van der Waals surface area contributed by atoms with Gasteiger partial charge in [0, 0.05) is 18.4 Å². The van der Waals surface area contributed by atoms with Crippen LogP contribution >= 0.6 is 0 Å². The van der Waals surface area contributed by atoms with Crippen LogP contribution in [-0.2, 0) is 6.54 Å². The molecule has 3 rings (SSSR count). The van der Waals surface area contributed by atoms with Crippen LogP contribution in [0.1, 0.15) is 23.8 Å². The Morgan fingerprint density at radius 3 is 2.46 bits per heavy atom. The Morgan fingerprint density at radius 1 is 1.04 bits per heavy atom. The Morgan fingerprint density at radius 2 is 1.75 bits per heavy atom. The Labute approximate surface area is 140 Å². The van der Waals surface area contributed by atoms with E-state index in [0.29, 0.717) is 11.4 Å². The van der Waals surface area contributed by atoms with Crippen LogP contribution in [0.15, 0.2) is 66.9 Å². The van der Waals surface area contributed by atoms with E-state index in [1.807, 2.05) is 54.6 Å². The minimum absolute atomic E-state index is 0.169. The van der Waals surface area contributed by atoms with E-state index >= 15 is 0 Å². The first kappa shape index (κ1) is 15.8. The molecule has 0 atom stereocenters. The zero-order valence-electron chi connectivity index (χ0n) is 13.5. The number of hydrogen-bond acceptors (Lipinski definition) is 3.